The van der Waals surface area contributed by atoms with Gasteiger partial charge in [-0.25, -0.2) is 0 Å². The highest BCUT2D eigenvalue weighted by Gasteiger charge is 2.20. The van der Waals surface area contributed by atoms with Crippen LogP contribution in [0.1, 0.15) is 18.4 Å². The summed E-state index contributed by atoms with van der Waals surface area (Å²) in [5.41, 5.74) is 16.8. The molecular weight excluding hydrogens is 322 g/mol. The number of aliphatic imine (C=N–C) groups is 1. The number of primary amides is 1. The van der Waals surface area contributed by atoms with E-state index in [-0.39, 0.29) is 30.5 Å². The molecule has 1 amide bonds. The number of rotatable bonds is 11. The number of phenolic OH excluding ortho intramolecular Hbond substituents is 1. The summed E-state index contributed by atoms with van der Waals surface area (Å²) in [6.45, 7) is 1.41. The quantitative estimate of drug-likeness (QED) is 0.242. The standard InChI is InChI=1S/C17H27N5O3/c1-22(8-2-7-21-17(19)20)11-15(24)10-13(16(18)25)9-12-3-5-14(23)6-4-12/h3-6,13,23H,2,7-11H2,1H3,(H2,18,25)(H4,19,20,21)/t13-/m1/s1. The van der Waals surface area contributed by atoms with Crippen LogP contribution in [-0.4, -0.2) is 54.3 Å². The molecule has 0 saturated heterocycles. The van der Waals surface area contributed by atoms with Crippen LogP contribution in [0.4, 0.5) is 0 Å². The Hall–Kier alpha value is -2.61. The lowest BCUT2D eigenvalue weighted by atomic mass is 9.93. The number of nitrogens with two attached hydrogens (primary N) is 3. The predicted octanol–water partition coefficient (Wildman–Crippen LogP) is -0.409. The van der Waals surface area contributed by atoms with Crippen molar-refractivity contribution in [3.05, 3.63) is 29.8 Å². The number of amides is 1. The fraction of sp³-hybridized carbons (Fsp3) is 0.471. The van der Waals surface area contributed by atoms with E-state index in [0.29, 0.717) is 19.5 Å². The minimum absolute atomic E-state index is 0.0491. The van der Waals surface area contributed by atoms with E-state index in [1.54, 1.807) is 24.3 Å². The highest BCUT2D eigenvalue weighted by atomic mass is 16.3. The molecule has 0 spiro atoms. The van der Waals surface area contributed by atoms with Crippen LogP contribution in [0.25, 0.3) is 0 Å². The molecule has 8 nitrogen and oxygen atoms in total. The molecule has 0 aromatic heterocycles. The maximum absolute atomic E-state index is 12.2. The summed E-state index contributed by atoms with van der Waals surface area (Å²) in [6, 6.07) is 6.51. The number of carbonyl (C=O) groups is 2. The summed E-state index contributed by atoms with van der Waals surface area (Å²) in [5.74, 6) is -0.911. The second kappa shape index (κ2) is 10.3. The molecule has 8 heteroatoms. The number of aromatic hydroxyl groups is 1. The van der Waals surface area contributed by atoms with Gasteiger partial charge in [-0.1, -0.05) is 12.1 Å². The van der Waals surface area contributed by atoms with E-state index < -0.39 is 11.8 Å². The van der Waals surface area contributed by atoms with Crippen LogP contribution >= 0.6 is 0 Å². The summed E-state index contributed by atoms with van der Waals surface area (Å²) in [5, 5.41) is 9.29. The average molecular weight is 349 g/mol. The Labute approximate surface area is 147 Å². The van der Waals surface area contributed by atoms with Gasteiger partial charge in [0.2, 0.25) is 5.91 Å². The number of hydrogen-bond donors (Lipinski definition) is 4. The van der Waals surface area contributed by atoms with Crippen LogP contribution in [0, 0.1) is 5.92 Å². The second-order valence-electron chi connectivity index (χ2n) is 6.11. The molecule has 0 unspecified atom stereocenters. The topological polar surface area (TPSA) is 148 Å². The van der Waals surface area contributed by atoms with Crippen molar-refractivity contribution in [3.63, 3.8) is 0 Å². The van der Waals surface area contributed by atoms with E-state index in [4.69, 9.17) is 17.2 Å². The second-order valence-corrected chi connectivity index (χ2v) is 6.11. The molecule has 1 aromatic carbocycles. The molecule has 138 valence electrons. The lowest BCUT2D eigenvalue weighted by Crippen LogP contribution is -2.32. The van der Waals surface area contributed by atoms with E-state index >= 15 is 0 Å². The molecule has 0 saturated carbocycles. The Morgan fingerprint density at radius 2 is 1.84 bits per heavy atom. The van der Waals surface area contributed by atoms with Gasteiger partial charge < -0.3 is 22.3 Å². The Morgan fingerprint density at radius 3 is 2.40 bits per heavy atom. The molecule has 7 N–H and O–H groups in total. The van der Waals surface area contributed by atoms with Gasteiger partial charge in [-0.2, -0.15) is 0 Å². The summed E-state index contributed by atoms with van der Waals surface area (Å²) < 4.78 is 0. The van der Waals surface area contributed by atoms with Crippen molar-refractivity contribution in [2.45, 2.75) is 19.3 Å². The molecular formula is C17H27N5O3. The molecule has 0 heterocycles. The largest absolute Gasteiger partial charge is 0.508 e. The minimum atomic E-state index is -0.563. The fourth-order valence-corrected chi connectivity index (χ4v) is 2.46. The third-order valence-corrected chi connectivity index (χ3v) is 3.73. The number of Topliss-reactive ketones (excluding diaryl/α,β-unsaturated/α-hetero) is 1. The van der Waals surface area contributed by atoms with E-state index in [1.807, 2.05) is 11.9 Å². The molecule has 1 aromatic rings. The zero-order valence-corrected chi connectivity index (χ0v) is 14.5. The van der Waals surface area contributed by atoms with Crippen LogP contribution in [0.3, 0.4) is 0 Å². The van der Waals surface area contributed by atoms with E-state index in [2.05, 4.69) is 4.99 Å². The Balaban J connectivity index is 2.46. The minimum Gasteiger partial charge on any atom is -0.508 e. The van der Waals surface area contributed by atoms with Crippen LogP contribution in [0.2, 0.25) is 0 Å². The highest BCUT2D eigenvalue weighted by molar-refractivity contribution is 5.87. The number of phenols is 1. The van der Waals surface area contributed by atoms with Gasteiger partial charge in [0.25, 0.3) is 0 Å². The van der Waals surface area contributed by atoms with Crippen LogP contribution in [0.15, 0.2) is 29.3 Å². The lowest BCUT2D eigenvalue weighted by Gasteiger charge is -2.17. The van der Waals surface area contributed by atoms with E-state index in [9.17, 15) is 14.7 Å². The number of ketones is 1. The van der Waals surface area contributed by atoms with Gasteiger partial charge in [-0.05, 0) is 37.6 Å². The summed E-state index contributed by atoms with van der Waals surface area (Å²) in [7, 11) is 1.83. The fourth-order valence-electron chi connectivity index (χ4n) is 2.46. The van der Waals surface area contributed by atoms with Crippen LogP contribution in [-0.2, 0) is 16.0 Å². The zero-order valence-electron chi connectivity index (χ0n) is 14.5. The molecule has 0 bridgehead atoms. The summed E-state index contributed by atoms with van der Waals surface area (Å²) in [6.07, 6.45) is 1.19. The lowest BCUT2D eigenvalue weighted by molar-refractivity contribution is -0.127. The van der Waals surface area contributed by atoms with Crippen molar-refractivity contribution < 1.29 is 14.7 Å². The van der Waals surface area contributed by atoms with Gasteiger partial charge in [0.05, 0.1) is 6.54 Å². The Morgan fingerprint density at radius 1 is 1.20 bits per heavy atom. The van der Waals surface area contributed by atoms with Crippen molar-refractivity contribution in [2.75, 3.05) is 26.7 Å². The molecule has 0 aliphatic heterocycles. The Kier molecular flexibility index (Phi) is 8.42. The number of hydrogen-bond acceptors (Lipinski definition) is 5. The molecule has 0 aliphatic carbocycles. The molecule has 1 atom stereocenters. The third-order valence-electron chi connectivity index (χ3n) is 3.73. The maximum atomic E-state index is 12.2. The first-order chi connectivity index (χ1) is 11.8. The smallest absolute Gasteiger partial charge is 0.221 e. The Bertz CT molecular complexity index is 597. The zero-order chi connectivity index (χ0) is 18.8. The van der Waals surface area contributed by atoms with Gasteiger partial charge in [0.1, 0.15) is 11.5 Å². The third kappa shape index (κ3) is 8.71. The van der Waals surface area contributed by atoms with Crippen molar-refractivity contribution >= 4 is 17.6 Å². The monoisotopic (exact) mass is 349 g/mol. The molecule has 25 heavy (non-hydrogen) atoms. The first-order valence-corrected chi connectivity index (χ1v) is 8.10. The summed E-state index contributed by atoms with van der Waals surface area (Å²) in [4.78, 5) is 29.6. The van der Waals surface area contributed by atoms with Gasteiger partial charge in [-0.3, -0.25) is 19.5 Å². The van der Waals surface area contributed by atoms with Gasteiger partial charge >= 0.3 is 0 Å². The highest BCUT2D eigenvalue weighted by Crippen LogP contribution is 2.16. The number of likely N-dealkylation sites (N-methyl/N-ethyl adjacent to an activating group) is 1. The van der Waals surface area contributed by atoms with Crippen molar-refractivity contribution in [3.8, 4) is 5.75 Å². The number of nitrogens with zero attached hydrogens (tertiary/aromatic N) is 2. The molecule has 0 fully saturated rings. The summed E-state index contributed by atoms with van der Waals surface area (Å²) >= 11 is 0. The van der Waals surface area contributed by atoms with E-state index in [1.165, 1.54) is 0 Å². The van der Waals surface area contributed by atoms with Crippen LogP contribution < -0.4 is 17.2 Å². The molecule has 0 radical (unpaired) electrons. The predicted molar refractivity (Wildman–Crippen MR) is 96.9 cm³/mol. The first kappa shape index (κ1) is 20.4. The normalized spacial score (nSPS) is 11.9. The van der Waals surface area contributed by atoms with Crippen molar-refractivity contribution in [2.24, 2.45) is 28.1 Å². The van der Waals surface area contributed by atoms with Crippen molar-refractivity contribution in [1.29, 1.82) is 0 Å². The van der Waals surface area contributed by atoms with Gasteiger partial charge in [0, 0.05) is 25.4 Å². The number of benzene rings is 1. The SMILES string of the molecule is CN(CCCN=C(N)N)CC(=O)C[C@@H](Cc1ccc(O)cc1)C(N)=O. The van der Waals surface area contributed by atoms with Gasteiger partial charge in [0.15, 0.2) is 5.96 Å². The molecule has 1 rings (SSSR count). The number of guanidine groups is 1. The van der Waals surface area contributed by atoms with Crippen molar-refractivity contribution in [1.82, 2.24) is 4.90 Å². The number of carbonyl (C=O) groups excluding carboxylic acids is 2. The molecule has 0 aliphatic rings. The first-order valence-electron chi connectivity index (χ1n) is 8.10. The van der Waals surface area contributed by atoms with Crippen LogP contribution in [0.5, 0.6) is 5.75 Å². The van der Waals surface area contributed by atoms with E-state index in [0.717, 1.165) is 12.0 Å². The average Bonchev–Trinajstić information content (AvgIpc) is 2.52. The maximum Gasteiger partial charge on any atom is 0.221 e. The van der Waals surface area contributed by atoms with Gasteiger partial charge in [-0.15, -0.1) is 0 Å².